The first-order valence-corrected chi connectivity index (χ1v) is 11.2. The maximum absolute atomic E-state index is 12.5. The molecular formula is C20H17N3O3S2. The standard InChI is InChI=1S/C20H17N3O3S2/c1-2-28(25,26)14-9-7-13(8-10-14)19(24)23-20-22-18(12-27-20)16-11-21-17-6-4-3-5-15(16)17/h3-12,21H,2H2,1H3,(H,22,23,24). The quantitative estimate of drug-likeness (QED) is 0.511. The molecule has 6 nitrogen and oxygen atoms in total. The van der Waals surface area contributed by atoms with E-state index in [0.717, 1.165) is 22.2 Å². The van der Waals surface area contributed by atoms with E-state index >= 15 is 0 Å². The molecule has 2 aromatic carbocycles. The molecule has 1 amide bonds. The molecule has 0 aliphatic rings. The number of para-hydroxylation sites is 1. The predicted octanol–water partition coefficient (Wildman–Crippen LogP) is 4.34. The molecule has 2 heterocycles. The van der Waals surface area contributed by atoms with E-state index in [2.05, 4.69) is 15.3 Å². The fraction of sp³-hybridized carbons (Fsp3) is 0.100. The van der Waals surface area contributed by atoms with Gasteiger partial charge in [-0.1, -0.05) is 25.1 Å². The van der Waals surface area contributed by atoms with Crippen LogP contribution in [0.5, 0.6) is 0 Å². The molecule has 0 spiro atoms. The maximum Gasteiger partial charge on any atom is 0.257 e. The highest BCUT2D eigenvalue weighted by Gasteiger charge is 2.15. The van der Waals surface area contributed by atoms with Gasteiger partial charge in [-0.3, -0.25) is 10.1 Å². The van der Waals surface area contributed by atoms with Crippen molar-refractivity contribution in [3.8, 4) is 11.3 Å². The van der Waals surface area contributed by atoms with Crippen LogP contribution in [0.2, 0.25) is 0 Å². The van der Waals surface area contributed by atoms with Crippen molar-refractivity contribution in [2.45, 2.75) is 11.8 Å². The largest absolute Gasteiger partial charge is 0.360 e. The van der Waals surface area contributed by atoms with Gasteiger partial charge in [0.25, 0.3) is 5.91 Å². The fourth-order valence-corrected chi connectivity index (χ4v) is 4.48. The molecule has 8 heteroatoms. The average molecular weight is 412 g/mol. The normalized spacial score (nSPS) is 11.6. The Morgan fingerprint density at radius 3 is 2.64 bits per heavy atom. The van der Waals surface area contributed by atoms with Crippen molar-refractivity contribution >= 4 is 43.1 Å². The van der Waals surface area contributed by atoms with Crippen molar-refractivity contribution < 1.29 is 13.2 Å². The van der Waals surface area contributed by atoms with Gasteiger partial charge in [-0.25, -0.2) is 13.4 Å². The second-order valence-electron chi connectivity index (χ2n) is 6.17. The van der Waals surface area contributed by atoms with E-state index in [0.29, 0.717) is 10.7 Å². The number of hydrogen-bond donors (Lipinski definition) is 2. The molecule has 0 saturated carbocycles. The number of carbonyl (C=O) groups excluding carboxylic acids is 1. The minimum absolute atomic E-state index is 0.0221. The highest BCUT2D eigenvalue weighted by atomic mass is 32.2. The van der Waals surface area contributed by atoms with Crippen LogP contribution in [0.4, 0.5) is 5.13 Å². The van der Waals surface area contributed by atoms with Crippen LogP contribution in [0.15, 0.2) is 65.0 Å². The molecule has 0 radical (unpaired) electrons. The van der Waals surface area contributed by atoms with E-state index in [1.54, 1.807) is 6.92 Å². The Kier molecular flexibility index (Phi) is 4.74. The van der Waals surface area contributed by atoms with Gasteiger partial charge in [0.2, 0.25) is 0 Å². The number of carbonyl (C=O) groups is 1. The van der Waals surface area contributed by atoms with Gasteiger partial charge < -0.3 is 4.98 Å². The molecule has 0 atom stereocenters. The minimum atomic E-state index is -3.28. The lowest BCUT2D eigenvalue weighted by Crippen LogP contribution is -2.12. The van der Waals surface area contributed by atoms with Gasteiger partial charge in [0, 0.05) is 33.6 Å². The number of nitrogens with one attached hydrogen (secondary N) is 2. The lowest BCUT2D eigenvalue weighted by molar-refractivity contribution is 0.102. The highest BCUT2D eigenvalue weighted by Crippen LogP contribution is 2.31. The monoisotopic (exact) mass is 411 g/mol. The van der Waals surface area contributed by atoms with Gasteiger partial charge in [0.05, 0.1) is 16.3 Å². The minimum Gasteiger partial charge on any atom is -0.360 e. The summed E-state index contributed by atoms with van der Waals surface area (Å²) in [6, 6.07) is 13.9. The zero-order valence-corrected chi connectivity index (χ0v) is 16.6. The van der Waals surface area contributed by atoms with E-state index in [9.17, 15) is 13.2 Å². The van der Waals surface area contributed by atoms with Crippen molar-refractivity contribution in [1.29, 1.82) is 0 Å². The molecule has 28 heavy (non-hydrogen) atoms. The molecule has 4 rings (SSSR count). The van der Waals surface area contributed by atoms with Crippen LogP contribution in [0.25, 0.3) is 22.2 Å². The number of sulfone groups is 1. The van der Waals surface area contributed by atoms with E-state index in [1.165, 1.54) is 35.6 Å². The first kappa shape index (κ1) is 18.4. The molecule has 2 N–H and O–H groups in total. The van der Waals surface area contributed by atoms with Crippen LogP contribution in [-0.2, 0) is 9.84 Å². The Labute approximate surface area is 166 Å². The zero-order chi connectivity index (χ0) is 19.7. The number of thiazole rings is 1. The summed E-state index contributed by atoms with van der Waals surface area (Å²) in [4.78, 5) is 20.4. The lowest BCUT2D eigenvalue weighted by Gasteiger charge is -2.04. The second kappa shape index (κ2) is 7.21. The van der Waals surface area contributed by atoms with Crippen molar-refractivity contribution in [2.75, 3.05) is 11.1 Å². The van der Waals surface area contributed by atoms with Crippen LogP contribution in [0, 0.1) is 0 Å². The molecule has 4 aromatic rings. The van der Waals surface area contributed by atoms with Gasteiger partial charge in [-0.15, -0.1) is 11.3 Å². The average Bonchev–Trinajstić information content (AvgIpc) is 3.34. The Morgan fingerprint density at radius 2 is 1.89 bits per heavy atom. The van der Waals surface area contributed by atoms with Crippen molar-refractivity contribution in [2.24, 2.45) is 0 Å². The first-order chi connectivity index (χ1) is 13.5. The van der Waals surface area contributed by atoms with E-state index in [-0.39, 0.29) is 16.6 Å². The smallest absolute Gasteiger partial charge is 0.257 e. The highest BCUT2D eigenvalue weighted by molar-refractivity contribution is 7.91. The van der Waals surface area contributed by atoms with Crippen molar-refractivity contribution in [1.82, 2.24) is 9.97 Å². The molecule has 0 aliphatic carbocycles. The van der Waals surface area contributed by atoms with Crippen LogP contribution in [0.3, 0.4) is 0 Å². The van der Waals surface area contributed by atoms with Gasteiger partial charge in [0.15, 0.2) is 15.0 Å². The van der Waals surface area contributed by atoms with Crippen molar-refractivity contribution in [3.05, 3.63) is 65.7 Å². The summed E-state index contributed by atoms with van der Waals surface area (Å²) in [5.74, 6) is -0.311. The van der Waals surface area contributed by atoms with Crippen LogP contribution < -0.4 is 5.32 Å². The predicted molar refractivity (Wildman–Crippen MR) is 112 cm³/mol. The van der Waals surface area contributed by atoms with Crippen LogP contribution in [-0.4, -0.2) is 30.0 Å². The third-order valence-corrected chi connectivity index (χ3v) is 6.95. The number of anilines is 1. The number of hydrogen-bond acceptors (Lipinski definition) is 5. The molecule has 0 aliphatic heterocycles. The Balaban J connectivity index is 1.53. The number of rotatable bonds is 5. The maximum atomic E-state index is 12.5. The molecular weight excluding hydrogens is 394 g/mol. The molecule has 0 unspecified atom stereocenters. The van der Waals surface area contributed by atoms with Gasteiger partial charge in [-0.2, -0.15) is 0 Å². The summed E-state index contributed by atoms with van der Waals surface area (Å²) >= 11 is 1.34. The van der Waals surface area contributed by atoms with Crippen LogP contribution in [0.1, 0.15) is 17.3 Å². The third kappa shape index (κ3) is 3.44. The van der Waals surface area contributed by atoms with Gasteiger partial charge >= 0.3 is 0 Å². The second-order valence-corrected chi connectivity index (χ2v) is 9.30. The molecule has 2 aromatic heterocycles. The van der Waals surface area contributed by atoms with Crippen LogP contribution >= 0.6 is 11.3 Å². The first-order valence-electron chi connectivity index (χ1n) is 8.64. The Bertz CT molecular complexity index is 1260. The van der Waals surface area contributed by atoms with Gasteiger partial charge in [0.1, 0.15) is 0 Å². The topological polar surface area (TPSA) is 91.9 Å². The summed E-state index contributed by atoms with van der Waals surface area (Å²) in [7, 11) is -3.28. The number of H-pyrrole nitrogens is 1. The number of benzene rings is 2. The summed E-state index contributed by atoms with van der Waals surface area (Å²) in [5, 5.41) is 6.21. The Hall–Kier alpha value is -2.97. The Morgan fingerprint density at radius 1 is 1.14 bits per heavy atom. The number of fused-ring (bicyclic) bond motifs is 1. The SMILES string of the molecule is CCS(=O)(=O)c1ccc(C(=O)Nc2nc(-c3c[nH]c4ccccc34)cs2)cc1. The number of aromatic nitrogens is 2. The summed E-state index contributed by atoms with van der Waals surface area (Å²) in [5.41, 5.74) is 3.15. The summed E-state index contributed by atoms with van der Waals surface area (Å²) in [6.07, 6.45) is 1.90. The molecule has 0 saturated heterocycles. The zero-order valence-electron chi connectivity index (χ0n) is 15.0. The van der Waals surface area contributed by atoms with Crippen molar-refractivity contribution in [3.63, 3.8) is 0 Å². The summed E-state index contributed by atoms with van der Waals surface area (Å²) < 4.78 is 23.7. The lowest BCUT2D eigenvalue weighted by atomic mass is 10.1. The van der Waals surface area contributed by atoms with E-state index in [1.807, 2.05) is 35.8 Å². The van der Waals surface area contributed by atoms with Gasteiger partial charge in [-0.05, 0) is 30.3 Å². The van der Waals surface area contributed by atoms with E-state index < -0.39 is 9.84 Å². The number of amides is 1. The summed E-state index contributed by atoms with van der Waals surface area (Å²) in [6.45, 7) is 1.59. The molecule has 0 fully saturated rings. The number of nitrogens with zero attached hydrogens (tertiary/aromatic N) is 1. The molecule has 142 valence electrons. The van der Waals surface area contributed by atoms with E-state index in [4.69, 9.17) is 0 Å². The number of aromatic amines is 1. The fourth-order valence-electron chi connectivity index (χ4n) is 2.89. The third-order valence-electron chi connectivity index (χ3n) is 4.45. The molecule has 0 bridgehead atoms.